The Balaban J connectivity index is 3.33. The lowest BCUT2D eigenvalue weighted by Gasteiger charge is -2.02. The highest BCUT2D eigenvalue weighted by Gasteiger charge is 2.12. The molecular weight excluding hydrogens is 195 g/mol. The van der Waals surface area contributed by atoms with Gasteiger partial charge in [0.25, 0.3) is 10.1 Å². The topological polar surface area (TPSA) is 54.4 Å². The summed E-state index contributed by atoms with van der Waals surface area (Å²) in [5, 5.41) is 0.667. The van der Waals surface area contributed by atoms with Crippen molar-refractivity contribution in [2.24, 2.45) is 0 Å². The van der Waals surface area contributed by atoms with Gasteiger partial charge in [-0.15, -0.1) is 0 Å². The summed E-state index contributed by atoms with van der Waals surface area (Å²) in [5.41, 5.74) is 0. The van der Waals surface area contributed by atoms with E-state index in [-0.39, 0.29) is 4.90 Å². The minimum absolute atomic E-state index is 0.0193. The molecular formula is C7H9O3PS. The Morgan fingerprint density at radius 1 is 1.33 bits per heavy atom. The van der Waals surface area contributed by atoms with Gasteiger partial charge >= 0.3 is 0 Å². The van der Waals surface area contributed by atoms with Crippen LogP contribution in [0.3, 0.4) is 0 Å². The zero-order chi connectivity index (χ0) is 9.19. The van der Waals surface area contributed by atoms with Gasteiger partial charge < -0.3 is 0 Å². The monoisotopic (exact) mass is 204 g/mol. The predicted octanol–water partition coefficient (Wildman–Crippen LogP) is 0.867. The highest BCUT2D eigenvalue weighted by Crippen LogP contribution is 2.13. The van der Waals surface area contributed by atoms with E-state index in [0.29, 0.717) is 13.9 Å². The fourth-order valence-electron chi connectivity index (χ4n) is 0.898. The molecule has 0 heterocycles. The highest BCUT2D eigenvalue weighted by atomic mass is 32.2. The van der Waals surface area contributed by atoms with Crippen LogP contribution in [0, 0.1) is 0 Å². The summed E-state index contributed by atoms with van der Waals surface area (Å²) < 4.78 is 30.3. The average Bonchev–Trinajstić information content (AvgIpc) is 2.03. The lowest BCUT2D eigenvalue weighted by atomic mass is 10.4. The first-order valence-electron chi connectivity index (χ1n) is 3.30. The van der Waals surface area contributed by atoms with Gasteiger partial charge in [-0.25, -0.2) is 0 Å². The van der Waals surface area contributed by atoms with Gasteiger partial charge in [0.05, 0.1) is 0 Å². The van der Waals surface area contributed by atoms with Crippen molar-refractivity contribution in [3.8, 4) is 0 Å². The summed E-state index contributed by atoms with van der Waals surface area (Å²) in [7, 11) is -3.68. The quantitative estimate of drug-likeness (QED) is 0.574. The maximum absolute atomic E-state index is 10.8. The summed E-state index contributed by atoms with van der Waals surface area (Å²) in [6, 6.07) is 6.44. The molecule has 1 N–H and O–H groups in total. The highest BCUT2D eigenvalue weighted by molar-refractivity contribution is 7.86. The second-order valence-electron chi connectivity index (χ2n) is 2.22. The van der Waals surface area contributed by atoms with Crippen LogP contribution in [0.1, 0.15) is 0 Å². The smallest absolute Gasteiger partial charge is 0.282 e. The Morgan fingerprint density at radius 2 is 1.92 bits per heavy atom. The molecule has 1 atom stereocenters. The minimum Gasteiger partial charge on any atom is -0.282 e. The van der Waals surface area contributed by atoms with Crippen molar-refractivity contribution in [1.82, 2.24) is 0 Å². The molecule has 0 saturated carbocycles. The fourth-order valence-corrected chi connectivity index (χ4v) is 2.78. The largest absolute Gasteiger partial charge is 0.295 e. The second-order valence-corrected chi connectivity index (χ2v) is 4.65. The summed E-state index contributed by atoms with van der Waals surface area (Å²) >= 11 is 0. The standard InChI is InChI=1S/C7H9O3PS/c1-11-6-4-2-3-5-7(6)12(8,9)10/h2-5,11H,1H3,(H,8,9,10). The van der Waals surface area contributed by atoms with Crippen LogP contribution in [-0.2, 0) is 10.1 Å². The molecule has 12 heavy (non-hydrogen) atoms. The summed E-state index contributed by atoms with van der Waals surface area (Å²) in [6.07, 6.45) is 0. The molecule has 1 aromatic rings. The average molecular weight is 204 g/mol. The van der Waals surface area contributed by atoms with Crippen molar-refractivity contribution in [2.45, 2.75) is 4.90 Å². The van der Waals surface area contributed by atoms with Crippen LogP contribution >= 0.6 is 8.58 Å². The van der Waals surface area contributed by atoms with Crippen LogP contribution in [0.2, 0.25) is 0 Å². The van der Waals surface area contributed by atoms with Gasteiger partial charge in [0.15, 0.2) is 0 Å². The number of hydrogen-bond donors (Lipinski definition) is 1. The van der Waals surface area contributed by atoms with E-state index in [1.807, 2.05) is 6.66 Å². The summed E-state index contributed by atoms with van der Waals surface area (Å²) in [6.45, 7) is 1.87. The van der Waals surface area contributed by atoms with Gasteiger partial charge in [-0.05, 0) is 18.0 Å². The number of rotatable bonds is 2. The third-order valence-corrected chi connectivity index (χ3v) is 3.50. The Morgan fingerprint density at radius 3 is 2.33 bits per heavy atom. The van der Waals surface area contributed by atoms with E-state index in [0.717, 1.165) is 0 Å². The van der Waals surface area contributed by atoms with Crippen LogP contribution in [-0.4, -0.2) is 19.6 Å². The Labute approximate surface area is 73.3 Å². The van der Waals surface area contributed by atoms with Crippen molar-refractivity contribution in [3.05, 3.63) is 24.3 Å². The first-order valence-corrected chi connectivity index (χ1v) is 6.24. The minimum atomic E-state index is -4.04. The predicted molar refractivity (Wildman–Crippen MR) is 50.1 cm³/mol. The van der Waals surface area contributed by atoms with Crippen molar-refractivity contribution >= 4 is 24.0 Å². The van der Waals surface area contributed by atoms with E-state index >= 15 is 0 Å². The lowest BCUT2D eigenvalue weighted by Crippen LogP contribution is -2.09. The van der Waals surface area contributed by atoms with Gasteiger partial charge in [0, 0.05) is 0 Å². The normalized spacial score (nSPS) is 12.5. The van der Waals surface area contributed by atoms with E-state index in [1.54, 1.807) is 18.2 Å². The molecule has 66 valence electrons. The van der Waals surface area contributed by atoms with Gasteiger partial charge in [0.2, 0.25) is 0 Å². The van der Waals surface area contributed by atoms with E-state index in [4.69, 9.17) is 4.55 Å². The first kappa shape index (κ1) is 9.65. The van der Waals surface area contributed by atoms with Gasteiger partial charge in [-0.2, -0.15) is 8.42 Å². The van der Waals surface area contributed by atoms with Gasteiger partial charge in [-0.3, -0.25) is 4.55 Å². The Kier molecular flexibility index (Phi) is 2.83. The SMILES string of the molecule is CPc1ccccc1S(=O)(=O)O. The molecule has 0 spiro atoms. The Bertz CT molecular complexity index is 372. The molecule has 0 fully saturated rings. The van der Waals surface area contributed by atoms with E-state index in [1.165, 1.54) is 6.07 Å². The number of hydrogen-bond acceptors (Lipinski definition) is 2. The molecule has 0 aromatic heterocycles. The van der Waals surface area contributed by atoms with Crippen molar-refractivity contribution in [1.29, 1.82) is 0 Å². The molecule has 0 saturated heterocycles. The zero-order valence-electron chi connectivity index (χ0n) is 6.48. The first-order chi connectivity index (χ1) is 5.55. The molecule has 1 unspecified atom stereocenters. The summed E-state index contributed by atoms with van der Waals surface area (Å²) in [5.74, 6) is 0. The van der Waals surface area contributed by atoms with Gasteiger partial charge in [-0.1, -0.05) is 26.8 Å². The van der Waals surface area contributed by atoms with Crippen molar-refractivity contribution in [3.63, 3.8) is 0 Å². The van der Waals surface area contributed by atoms with Crippen LogP contribution in [0.15, 0.2) is 29.2 Å². The third-order valence-electron chi connectivity index (χ3n) is 1.43. The van der Waals surface area contributed by atoms with E-state index in [2.05, 4.69) is 0 Å². The molecule has 1 rings (SSSR count). The molecule has 1 aromatic carbocycles. The zero-order valence-corrected chi connectivity index (χ0v) is 8.30. The van der Waals surface area contributed by atoms with Crippen LogP contribution in [0.25, 0.3) is 0 Å². The van der Waals surface area contributed by atoms with Crippen molar-refractivity contribution < 1.29 is 13.0 Å². The molecule has 0 aliphatic carbocycles. The van der Waals surface area contributed by atoms with Crippen LogP contribution < -0.4 is 5.30 Å². The third kappa shape index (κ3) is 2.03. The maximum atomic E-state index is 10.8. The molecule has 3 nitrogen and oxygen atoms in total. The molecule has 0 bridgehead atoms. The van der Waals surface area contributed by atoms with Crippen LogP contribution in [0.5, 0.6) is 0 Å². The Hall–Kier alpha value is -0.440. The fraction of sp³-hybridized carbons (Fsp3) is 0.143. The van der Waals surface area contributed by atoms with Gasteiger partial charge in [0.1, 0.15) is 4.90 Å². The van der Waals surface area contributed by atoms with E-state index < -0.39 is 10.1 Å². The molecule has 5 heteroatoms. The molecule has 0 radical (unpaired) electrons. The molecule has 0 aliphatic rings. The lowest BCUT2D eigenvalue weighted by molar-refractivity contribution is 0.484. The summed E-state index contributed by atoms with van der Waals surface area (Å²) in [4.78, 5) is 0.0193. The molecule has 0 amide bonds. The van der Waals surface area contributed by atoms with Crippen molar-refractivity contribution in [2.75, 3.05) is 6.66 Å². The van der Waals surface area contributed by atoms with Crippen LogP contribution in [0.4, 0.5) is 0 Å². The number of benzene rings is 1. The van der Waals surface area contributed by atoms with E-state index in [9.17, 15) is 8.42 Å². The molecule has 0 aliphatic heterocycles. The maximum Gasteiger partial charge on any atom is 0.295 e. The second kappa shape index (κ2) is 3.52.